The van der Waals surface area contributed by atoms with Crippen molar-refractivity contribution in [3.05, 3.63) is 24.4 Å². The molecule has 0 spiro atoms. The molecule has 2 rings (SSSR count). The Balaban J connectivity index is 2.07. The van der Waals surface area contributed by atoms with Crippen LogP contribution in [0.2, 0.25) is 0 Å². The summed E-state index contributed by atoms with van der Waals surface area (Å²) in [6.07, 6.45) is 6.22. The summed E-state index contributed by atoms with van der Waals surface area (Å²) < 4.78 is 1.57. The van der Waals surface area contributed by atoms with E-state index >= 15 is 0 Å². The molecule has 0 bridgehead atoms. The van der Waals surface area contributed by atoms with Gasteiger partial charge in [0.05, 0.1) is 11.8 Å². The third kappa shape index (κ3) is 2.58. The SMILES string of the molecule is Cn1ccc(NC(=O)C2CC=CCC2C(=O)O)n1. The van der Waals surface area contributed by atoms with Gasteiger partial charge < -0.3 is 10.4 Å². The van der Waals surface area contributed by atoms with Crippen molar-refractivity contribution < 1.29 is 14.7 Å². The first kappa shape index (κ1) is 12.3. The molecule has 6 heteroatoms. The Morgan fingerprint density at radius 2 is 2.06 bits per heavy atom. The van der Waals surface area contributed by atoms with Crippen LogP contribution in [0.25, 0.3) is 0 Å². The van der Waals surface area contributed by atoms with Crippen LogP contribution in [0, 0.1) is 11.8 Å². The summed E-state index contributed by atoms with van der Waals surface area (Å²) in [5.41, 5.74) is 0. The third-order valence-corrected chi connectivity index (χ3v) is 3.05. The van der Waals surface area contributed by atoms with E-state index in [1.807, 2.05) is 12.2 Å². The van der Waals surface area contributed by atoms with Gasteiger partial charge in [0.2, 0.25) is 5.91 Å². The van der Waals surface area contributed by atoms with E-state index in [0.29, 0.717) is 18.7 Å². The summed E-state index contributed by atoms with van der Waals surface area (Å²) in [6, 6.07) is 1.67. The number of hydrogen-bond acceptors (Lipinski definition) is 3. The van der Waals surface area contributed by atoms with Crippen LogP contribution >= 0.6 is 0 Å². The molecule has 0 saturated heterocycles. The average molecular weight is 249 g/mol. The van der Waals surface area contributed by atoms with Gasteiger partial charge in [0.25, 0.3) is 0 Å². The van der Waals surface area contributed by atoms with Gasteiger partial charge in [-0.15, -0.1) is 0 Å². The molecule has 6 nitrogen and oxygen atoms in total. The Bertz CT molecular complexity index is 493. The van der Waals surface area contributed by atoms with Crippen molar-refractivity contribution in [3.8, 4) is 0 Å². The van der Waals surface area contributed by atoms with Crippen LogP contribution < -0.4 is 5.32 Å². The number of rotatable bonds is 3. The maximum absolute atomic E-state index is 12.0. The normalized spacial score (nSPS) is 22.7. The molecule has 1 aliphatic rings. The van der Waals surface area contributed by atoms with E-state index in [4.69, 9.17) is 5.11 Å². The quantitative estimate of drug-likeness (QED) is 0.783. The Morgan fingerprint density at radius 3 is 2.61 bits per heavy atom. The Kier molecular flexibility index (Phi) is 3.45. The fraction of sp³-hybridized carbons (Fsp3) is 0.417. The fourth-order valence-electron chi connectivity index (χ4n) is 2.08. The highest BCUT2D eigenvalue weighted by Crippen LogP contribution is 2.26. The summed E-state index contributed by atoms with van der Waals surface area (Å²) >= 11 is 0. The predicted octanol–water partition coefficient (Wildman–Crippen LogP) is 1.03. The molecule has 2 atom stereocenters. The van der Waals surface area contributed by atoms with E-state index in [9.17, 15) is 9.59 Å². The zero-order chi connectivity index (χ0) is 13.1. The predicted molar refractivity (Wildman–Crippen MR) is 64.8 cm³/mol. The van der Waals surface area contributed by atoms with Crippen molar-refractivity contribution in [3.63, 3.8) is 0 Å². The number of allylic oxidation sites excluding steroid dienone is 2. The van der Waals surface area contributed by atoms with Crippen molar-refractivity contribution >= 4 is 17.7 Å². The highest BCUT2D eigenvalue weighted by atomic mass is 16.4. The standard InChI is InChI=1S/C12H15N3O3/c1-15-7-6-10(14-15)13-11(16)8-4-2-3-5-9(8)12(17)18/h2-3,6-9H,4-5H2,1H3,(H,17,18)(H,13,14,16). The smallest absolute Gasteiger partial charge is 0.307 e. The maximum Gasteiger partial charge on any atom is 0.307 e. The number of nitrogens with one attached hydrogen (secondary N) is 1. The van der Waals surface area contributed by atoms with E-state index in [2.05, 4.69) is 10.4 Å². The van der Waals surface area contributed by atoms with E-state index in [1.165, 1.54) is 0 Å². The number of nitrogens with zero attached hydrogens (tertiary/aromatic N) is 2. The maximum atomic E-state index is 12.0. The van der Waals surface area contributed by atoms with Crippen molar-refractivity contribution in [2.24, 2.45) is 18.9 Å². The van der Waals surface area contributed by atoms with Gasteiger partial charge in [-0.3, -0.25) is 14.3 Å². The molecule has 1 aliphatic carbocycles. The van der Waals surface area contributed by atoms with Crippen LogP contribution in [0.15, 0.2) is 24.4 Å². The monoisotopic (exact) mass is 249 g/mol. The van der Waals surface area contributed by atoms with Crippen LogP contribution in [-0.2, 0) is 16.6 Å². The van der Waals surface area contributed by atoms with E-state index in [-0.39, 0.29) is 5.91 Å². The number of anilines is 1. The van der Waals surface area contributed by atoms with Crippen LogP contribution in [0.3, 0.4) is 0 Å². The highest BCUT2D eigenvalue weighted by molar-refractivity contribution is 5.94. The molecule has 18 heavy (non-hydrogen) atoms. The Hall–Kier alpha value is -2.11. The summed E-state index contributed by atoms with van der Waals surface area (Å²) in [6.45, 7) is 0. The van der Waals surface area contributed by atoms with Crippen LogP contribution in [0.5, 0.6) is 0 Å². The number of carbonyl (C=O) groups is 2. The molecule has 0 saturated carbocycles. The Labute approximate surface area is 104 Å². The molecule has 1 aromatic rings. The molecule has 1 amide bonds. The minimum absolute atomic E-state index is 0.287. The lowest BCUT2D eigenvalue weighted by molar-refractivity contribution is -0.146. The first-order chi connectivity index (χ1) is 8.58. The molecule has 2 unspecified atom stereocenters. The van der Waals surface area contributed by atoms with Crippen LogP contribution in [-0.4, -0.2) is 26.8 Å². The molecular formula is C12H15N3O3. The van der Waals surface area contributed by atoms with Gasteiger partial charge in [-0.25, -0.2) is 0 Å². The number of carboxylic acids is 1. The first-order valence-corrected chi connectivity index (χ1v) is 5.76. The second-order valence-electron chi connectivity index (χ2n) is 4.36. The number of hydrogen-bond donors (Lipinski definition) is 2. The average Bonchev–Trinajstić information content (AvgIpc) is 2.74. The van der Waals surface area contributed by atoms with Crippen LogP contribution in [0.1, 0.15) is 12.8 Å². The minimum Gasteiger partial charge on any atom is -0.481 e. The molecule has 0 radical (unpaired) electrons. The second-order valence-corrected chi connectivity index (χ2v) is 4.36. The molecular weight excluding hydrogens is 234 g/mol. The molecule has 0 aromatic carbocycles. The molecule has 2 N–H and O–H groups in total. The summed E-state index contributed by atoms with van der Waals surface area (Å²) in [4.78, 5) is 23.1. The Morgan fingerprint density at radius 1 is 1.39 bits per heavy atom. The van der Waals surface area contributed by atoms with Gasteiger partial charge in [-0.05, 0) is 12.8 Å². The van der Waals surface area contributed by atoms with Gasteiger partial charge in [0.1, 0.15) is 0 Å². The lowest BCUT2D eigenvalue weighted by Crippen LogP contribution is -2.34. The minimum atomic E-state index is -0.930. The van der Waals surface area contributed by atoms with Gasteiger partial charge in [0.15, 0.2) is 5.82 Å². The van der Waals surface area contributed by atoms with Crippen molar-refractivity contribution in [1.29, 1.82) is 0 Å². The van der Waals surface area contributed by atoms with Crippen LogP contribution in [0.4, 0.5) is 5.82 Å². The molecule has 1 heterocycles. The number of aliphatic carboxylic acids is 1. The zero-order valence-corrected chi connectivity index (χ0v) is 10.0. The van der Waals surface area contributed by atoms with Crippen molar-refractivity contribution in [2.75, 3.05) is 5.32 Å². The first-order valence-electron chi connectivity index (χ1n) is 5.76. The van der Waals surface area contributed by atoms with Gasteiger partial charge in [0, 0.05) is 19.3 Å². The zero-order valence-electron chi connectivity index (χ0n) is 10.0. The third-order valence-electron chi connectivity index (χ3n) is 3.05. The molecule has 0 aliphatic heterocycles. The lowest BCUT2D eigenvalue weighted by atomic mass is 9.82. The van der Waals surface area contributed by atoms with E-state index in [0.717, 1.165) is 0 Å². The topological polar surface area (TPSA) is 84.2 Å². The highest BCUT2D eigenvalue weighted by Gasteiger charge is 2.34. The fourth-order valence-corrected chi connectivity index (χ4v) is 2.08. The van der Waals surface area contributed by atoms with E-state index < -0.39 is 17.8 Å². The van der Waals surface area contributed by atoms with Crippen molar-refractivity contribution in [2.45, 2.75) is 12.8 Å². The summed E-state index contributed by atoms with van der Waals surface area (Å²) in [5.74, 6) is -1.96. The summed E-state index contributed by atoms with van der Waals surface area (Å²) in [5, 5.41) is 15.8. The molecule has 1 aromatic heterocycles. The second kappa shape index (κ2) is 5.03. The lowest BCUT2D eigenvalue weighted by Gasteiger charge is -2.23. The number of amides is 1. The summed E-state index contributed by atoms with van der Waals surface area (Å²) in [7, 11) is 1.75. The number of aromatic nitrogens is 2. The van der Waals surface area contributed by atoms with Gasteiger partial charge in [-0.1, -0.05) is 12.2 Å². The number of aryl methyl sites for hydroxylation is 1. The van der Waals surface area contributed by atoms with Gasteiger partial charge in [-0.2, -0.15) is 5.10 Å². The van der Waals surface area contributed by atoms with Crippen molar-refractivity contribution in [1.82, 2.24) is 9.78 Å². The number of carboxylic acid groups (broad SMARTS) is 1. The van der Waals surface area contributed by atoms with Gasteiger partial charge >= 0.3 is 5.97 Å². The number of carbonyl (C=O) groups excluding carboxylic acids is 1. The largest absolute Gasteiger partial charge is 0.481 e. The van der Waals surface area contributed by atoms with E-state index in [1.54, 1.807) is 24.0 Å². The molecule has 96 valence electrons. The molecule has 0 fully saturated rings.